The van der Waals surface area contributed by atoms with Crippen molar-refractivity contribution in [3.63, 3.8) is 0 Å². The molecule has 0 N–H and O–H groups in total. The monoisotopic (exact) mass is 319 g/mol. The van der Waals surface area contributed by atoms with E-state index in [4.69, 9.17) is 0 Å². The van der Waals surface area contributed by atoms with E-state index in [-0.39, 0.29) is 31.2 Å². The van der Waals surface area contributed by atoms with E-state index in [2.05, 4.69) is 4.74 Å². The van der Waals surface area contributed by atoms with E-state index < -0.39 is 18.9 Å². The Labute approximate surface area is 125 Å². The standard InChI is InChI=1S/C15H17F4NO2/c1-10-2-3-11(6-13(10)16)4-5-14(21)20-7-12(8-20)22-9-15(17,18)19/h2-3,6,12H,4-5,7-9H2,1H3. The summed E-state index contributed by atoms with van der Waals surface area (Å²) < 4.78 is 53.9. The largest absolute Gasteiger partial charge is 0.411 e. The number of hydrogen-bond acceptors (Lipinski definition) is 2. The number of alkyl halides is 3. The fourth-order valence-electron chi connectivity index (χ4n) is 2.16. The molecule has 1 heterocycles. The zero-order valence-electron chi connectivity index (χ0n) is 12.1. The molecule has 0 radical (unpaired) electrons. The van der Waals surface area contributed by atoms with Gasteiger partial charge in [0.05, 0.1) is 6.10 Å². The van der Waals surface area contributed by atoms with Crippen LogP contribution in [0.15, 0.2) is 18.2 Å². The van der Waals surface area contributed by atoms with Crippen LogP contribution in [0, 0.1) is 12.7 Å². The van der Waals surface area contributed by atoms with E-state index in [0.717, 1.165) is 5.56 Å². The summed E-state index contributed by atoms with van der Waals surface area (Å²) in [6.07, 6.45) is -4.29. The van der Waals surface area contributed by atoms with Gasteiger partial charge in [0.15, 0.2) is 0 Å². The minimum absolute atomic E-state index is 0.159. The smallest absolute Gasteiger partial charge is 0.365 e. The van der Waals surface area contributed by atoms with Crippen LogP contribution in [0.5, 0.6) is 0 Å². The summed E-state index contributed by atoms with van der Waals surface area (Å²) in [5, 5.41) is 0. The molecule has 1 aliphatic rings. The lowest BCUT2D eigenvalue weighted by Gasteiger charge is -2.39. The van der Waals surface area contributed by atoms with Gasteiger partial charge in [0.25, 0.3) is 0 Å². The van der Waals surface area contributed by atoms with E-state index in [1.807, 2.05) is 0 Å². The molecule has 1 aromatic rings. The first-order chi connectivity index (χ1) is 10.2. The molecule has 7 heteroatoms. The number of amides is 1. The third-order valence-electron chi connectivity index (χ3n) is 3.55. The molecule has 0 saturated carbocycles. The third kappa shape index (κ3) is 4.69. The van der Waals surface area contributed by atoms with Gasteiger partial charge in [-0.25, -0.2) is 4.39 Å². The van der Waals surface area contributed by atoms with Gasteiger partial charge >= 0.3 is 6.18 Å². The van der Waals surface area contributed by atoms with Crippen molar-refractivity contribution in [3.05, 3.63) is 35.1 Å². The Morgan fingerprint density at radius 1 is 1.36 bits per heavy atom. The molecule has 0 unspecified atom stereocenters. The highest BCUT2D eigenvalue weighted by atomic mass is 19.4. The van der Waals surface area contributed by atoms with Crippen LogP contribution in [0.3, 0.4) is 0 Å². The van der Waals surface area contributed by atoms with Crippen LogP contribution >= 0.6 is 0 Å². The first-order valence-corrected chi connectivity index (χ1v) is 6.96. The van der Waals surface area contributed by atoms with Crippen LogP contribution in [0.4, 0.5) is 17.6 Å². The fraction of sp³-hybridized carbons (Fsp3) is 0.533. The van der Waals surface area contributed by atoms with Crippen molar-refractivity contribution in [1.29, 1.82) is 0 Å². The van der Waals surface area contributed by atoms with Crippen molar-refractivity contribution in [2.24, 2.45) is 0 Å². The second-order valence-corrected chi connectivity index (χ2v) is 5.43. The molecular formula is C15H17F4NO2. The lowest BCUT2D eigenvalue weighted by molar-refractivity contribution is -0.200. The highest BCUT2D eigenvalue weighted by molar-refractivity contribution is 5.77. The Balaban J connectivity index is 1.70. The molecule has 0 atom stereocenters. The van der Waals surface area contributed by atoms with Gasteiger partial charge in [-0.2, -0.15) is 13.2 Å². The van der Waals surface area contributed by atoms with Crippen molar-refractivity contribution < 1.29 is 27.1 Å². The minimum atomic E-state index is -4.35. The Hall–Kier alpha value is -1.63. The summed E-state index contributed by atoms with van der Waals surface area (Å²) >= 11 is 0. The number of rotatable bonds is 5. The van der Waals surface area contributed by atoms with Crippen LogP contribution in [-0.4, -0.2) is 42.8 Å². The maximum atomic E-state index is 13.4. The number of hydrogen-bond donors (Lipinski definition) is 0. The number of likely N-dealkylation sites (tertiary alicyclic amines) is 1. The van der Waals surface area contributed by atoms with Gasteiger partial charge in [0, 0.05) is 19.5 Å². The van der Waals surface area contributed by atoms with Gasteiger partial charge in [0.2, 0.25) is 5.91 Å². The summed E-state index contributed by atoms with van der Waals surface area (Å²) in [6, 6.07) is 4.81. The third-order valence-corrected chi connectivity index (χ3v) is 3.55. The highest BCUT2D eigenvalue weighted by Crippen LogP contribution is 2.20. The van der Waals surface area contributed by atoms with E-state index in [1.54, 1.807) is 19.1 Å². The molecule has 1 saturated heterocycles. The number of carbonyl (C=O) groups is 1. The first kappa shape index (κ1) is 16.7. The summed E-state index contributed by atoms with van der Waals surface area (Å²) in [5.41, 5.74) is 1.27. The van der Waals surface area contributed by atoms with E-state index in [9.17, 15) is 22.4 Å². The maximum Gasteiger partial charge on any atom is 0.411 e. The van der Waals surface area contributed by atoms with Gasteiger partial charge in [-0.15, -0.1) is 0 Å². The van der Waals surface area contributed by atoms with Crippen molar-refractivity contribution in [2.75, 3.05) is 19.7 Å². The molecule has 1 fully saturated rings. The van der Waals surface area contributed by atoms with Gasteiger partial charge in [-0.1, -0.05) is 12.1 Å². The molecule has 0 bridgehead atoms. The Bertz CT molecular complexity index is 539. The molecule has 2 rings (SSSR count). The summed E-state index contributed by atoms with van der Waals surface area (Å²) in [7, 11) is 0. The maximum absolute atomic E-state index is 13.4. The lowest BCUT2D eigenvalue weighted by atomic mass is 10.1. The second kappa shape index (κ2) is 6.64. The average molecular weight is 319 g/mol. The summed E-state index contributed by atoms with van der Waals surface area (Å²) in [6.45, 7) is 0.724. The number of ether oxygens (including phenoxy) is 1. The van der Waals surface area contributed by atoms with Crippen molar-refractivity contribution in [2.45, 2.75) is 32.0 Å². The van der Waals surface area contributed by atoms with Crippen LogP contribution in [-0.2, 0) is 16.0 Å². The molecule has 22 heavy (non-hydrogen) atoms. The Kier molecular flexibility index (Phi) is 5.05. The molecular weight excluding hydrogens is 302 g/mol. The number of halogens is 4. The lowest BCUT2D eigenvalue weighted by Crippen LogP contribution is -2.55. The van der Waals surface area contributed by atoms with Crippen LogP contribution in [0.1, 0.15) is 17.5 Å². The molecule has 1 aliphatic heterocycles. The molecule has 0 aliphatic carbocycles. The fourth-order valence-corrected chi connectivity index (χ4v) is 2.16. The zero-order valence-corrected chi connectivity index (χ0v) is 12.1. The quantitative estimate of drug-likeness (QED) is 0.781. The topological polar surface area (TPSA) is 29.5 Å². The number of nitrogens with zero attached hydrogens (tertiary/aromatic N) is 1. The highest BCUT2D eigenvalue weighted by Gasteiger charge is 2.35. The van der Waals surface area contributed by atoms with Gasteiger partial charge in [-0.05, 0) is 30.5 Å². The molecule has 3 nitrogen and oxygen atoms in total. The van der Waals surface area contributed by atoms with Gasteiger partial charge in [0.1, 0.15) is 12.4 Å². The number of benzene rings is 1. The summed E-state index contributed by atoms with van der Waals surface area (Å²) in [4.78, 5) is 13.3. The molecule has 122 valence electrons. The molecule has 1 amide bonds. The normalized spacial score (nSPS) is 15.8. The second-order valence-electron chi connectivity index (χ2n) is 5.43. The molecule has 1 aromatic carbocycles. The van der Waals surface area contributed by atoms with Gasteiger partial charge in [-0.3, -0.25) is 4.79 Å². The average Bonchev–Trinajstić information content (AvgIpc) is 2.37. The Morgan fingerprint density at radius 3 is 2.64 bits per heavy atom. The predicted molar refractivity (Wildman–Crippen MR) is 71.8 cm³/mol. The first-order valence-electron chi connectivity index (χ1n) is 6.96. The van der Waals surface area contributed by atoms with E-state index >= 15 is 0 Å². The van der Waals surface area contributed by atoms with Crippen LogP contribution < -0.4 is 0 Å². The number of aryl methyl sites for hydroxylation is 2. The van der Waals surface area contributed by atoms with Crippen molar-refractivity contribution in [1.82, 2.24) is 4.90 Å². The van der Waals surface area contributed by atoms with Gasteiger partial charge < -0.3 is 9.64 Å². The van der Waals surface area contributed by atoms with E-state index in [1.165, 1.54) is 11.0 Å². The summed E-state index contributed by atoms with van der Waals surface area (Å²) in [5.74, 6) is -0.470. The van der Waals surface area contributed by atoms with Crippen LogP contribution in [0.25, 0.3) is 0 Å². The number of carbonyl (C=O) groups excluding carboxylic acids is 1. The SMILES string of the molecule is Cc1ccc(CCC(=O)N2CC(OCC(F)(F)F)C2)cc1F. The van der Waals surface area contributed by atoms with Crippen molar-refractivity contribution >= 4 is 5.91 Å². The van der Waals surface area contributed by atoms with Crippen LogP contribution in [0.2, 0.25) is 0 Å². The molecule has 0 aromatic heterocycles. The minimum Gasteiger partial charge on any atom is -0.365 e. The Morgan fingerprint density at radius 2 is 2.05 bits per heavy atom. The predicted octanol–water partition coefficient (Wildman–Crippen LogP) is 2.86. The zero-order chi connectivity index (χ0) is 16.3. The van der Waals surface area contributed by atoms with E-state index in [0.29, 0.717) is 12.0 Å². The van der Waals surface area contributed by atoms with Crippen molar-refractivity contribution in [3.8, 4) is 0 Å². The molecule has 0 spiro atoms.